The lowest BCUT2D eigenvalue weighted by Crippen LogP contribution is -2.13. The van der Waals surface area contributed by atoms with Gasteiger partial charge in [-0.2, -0.15) is 0 Å². The van der Waals surface area contributed by atoms with Crippen molar-refractivity contribution in [3.8, 4) is 5.75 Å². The number of pyridine rings is 1. The Morgan fingerprint density at radius 2 is 2.19 bits per heavy atom. The summed E-state index contributed by atoms with van der Waals surface area (Å²) in [5.41, 5.74) is 2.99. The van der Waals surface area contributed by atoms with Crippen molar-refractivity contribution in [3.05, 3.63) is 27.4 Å². The Bertz CT molecular complexity index is 428. The number of halogens is 2. The fourth-order valence-electron chi connectivity index (χ4n) is 0.971. The van der Waals surface area contributed by atoms with Crippen LogP contribution in [0.4, 0.5) is 14.6 Å². The maximum absolute atomic E-state index is 12.3. The topological polar surface area (TPSA) is 119 Å². The Morgan fingerprint density at radius 1 is 1.62 bits per heavy atom. The van der Waals surface area contributed by atoms with Gasteiger partial charge in [0.15, 0.2) is 0 Å². The minimum atomic E-state index is -3.11. The summed E-state index contributed by atoms with van der Waals surface area (Å²) in [6, 6.07) is 0.509. The van der Waals surface area contributed by atoms with Crippen LogP contribution >= 0.6 is 0 Å². The smallest absolute Gasteiger partial charge is 0.407 e. The molecule has 1 heterocycles. The van der Waals surface area contributed by atoms with E-state index in [0.717, 1.165) is 0 Å². The van der Waals surface area contributed by atoms with Gasteiger partial charge in [-0.15, -0.1) is 0 Å². The van der Waals surface area contributed by atoms with Crippen molar-refractivity contribution in [3.63, 3.8) is 0 Å². The number of hydrogen-bond donors (Lipinski definition) is 2. The van der Waals surface area contributed by atoms with E-state index in [1.54, 1.807) is 0 Å². The highest BCUT2D eigenvalue weighted by Crippen LogP contribution is 2.31. The van der Waals surface area contributed by atoms with Gasteiger partial charge in [-0.1, -0.05) is 0 Å². The summed E-state index contributed by atoms with van der Waals surface area (Å²) in [5, 5.41) is 19.5. The van der Waals surface area contributed by atoms with Crippen LogP contribution in [0.15, 0.2) is 6.07 Å². The molecule has 1 rings (SSSR count). The molecule has 0 spiro atoms. The summed E-state index contributed by atoms with van der Waals surface area (Å²) in [6.07, 6.45) is -3.11. The van der Waals surface area contributed by atoms with Crippen LogP contribution in [0.1, 0.15) is 22.5 Å². The molecule has 7 nitrogen and oxygen atoms in total. The summed E-state index contributed by atoms with van der Waals surface area (Å²) >= 11 is 0. The van der Waals surface area contributed by atoms with Gasteiger partial charge in [0.2, 0.25) is 11.4 Å². The minimum absolute atomic E-state index is 0.509. The van der Waals surface area contributed by atoms with Crippen LogP contribution in [0.2, 0.25) is 0 Å². The number of amides is 1. The van der Waals surface area contributed by atoms with Crippen molar-refractivity contribution < 1.29 is 23.6 Å². The molecule has 0 saturated heterocycles. The Morgan fingerprint density at radius 3 is 2.56 bits per heavy atom. The quantitative estimate of drug-likeness (QED) is 0.589. The standard InChI is InChI=1S/C7H5F2N3O4/c8-5(9)3-1-2(6(10)14)4(13)7(11-3)12(15)16/h1,5,13H,(H2,10,14). The molecule has 86 valence electrons. The third kappa shape index (κ3) is 2.02. The first-order chi connectivity index (χ1) is 7.34. The molecule has 1 aromatic heterocycles. The monoisotopic (exact) mass is 233 g/mol. The van der Waals surface area contributed by atoms with Crippen LogP contribution < -0.4 is 5.73 Å². The van der Waals surface area contributed by atoms with Crippen molar-refractivity contribution in [2.45, 2.75) is 6.43 Å². The number of hydrogen-bond acceptors (Lipinski definition) is 5. The van der Waals surface area contributed by atoms with Gasteiger partial charge in [-0.3, -0.25) is 4.79 Å². The summed E-state index contributed by atoms with van der Waals surface area (Å²) in [5.74, 6) is -3.61. The number of primary amides is 1. The SMILES string of the molecule is NC(=O)c1cc(C(F)F)nc([N+](=O)[O-])c1O. The van der Waals surface area contributed by atoms with Crippen molar-refractivity contribution in [2.24, 2.45) is 5.73 Å². The number of nitro groups is 1. The number of rotatable bonds is 3. The number of nitrogens with two attached hydrogens (primary N) is 1. The number of carbonyl (C=O) groups is 1. The Kier molecular flexibility index (Phi) is 2.97. The number of aromatic hydroxyl groups is 1. The third-order valence-corrected chi connectivity index (χ3v) is 1.66. The van der Waals surface area contributed by atoms with E-state index in [0.29, 0.717) is 6.07 Å². The maximum Gasteiger partial charge on any atom is 0.407 e. The Labute approximate surface area is 86.7 Å². The molecule has 0 aliphatic carbocycles. The van der Waals surface area contributed by atoms with E-state index in [2.05, 4.69) is 4.98 Å². The number of alkyl halides is 2. The van der Waals surface area contributed by atoms with Gasteiger partial charge in [-0.25, -0.2) is 8.78 Å². The van der Waals surface area contributed by atoms with Crippen molar-refractivity contribution in [1.29, 1.82) is 0 Å². The molecule has 0 saturated carbocycles. The second-order valence-corrected chi connectivity index (χ2v) is 2.69. The maximum atomic E-state index is 12.3. The van der Waals surface area contributed by atoms with E-state index >= 15 is 0 Å². The Balaban J connectivity index is 3.51. The molecule has 0 unspecified atom stereocenters. The lowest BCUT2D eigenvalue weighted by atomic mass is 10.2. The first-order valence-corrected chi connectivity index (χ1v) is 3.80. The molecule has 0 fully saturated rings. The molecule has 0 aromatic carbocycles. The fourth-order valence-corrected chi connectivity index (χ4v) is 0.971. The van der Waals surface area contributed by atoms with E-state index in [1.165, 1.54) is 0 Å². The second kappa shape index (κ2) is 4.04. The largest absolute Gasteiger partial charge is 0.500 e. The minimum Gasteiger partial charge on any atom is -0.500 e. The highest BCUT2D eigenvalue weighted by Gasteiger charge is 2.28. The van der Waals surface area contributed by atoms with Gasteiger partial charge in [-0.05, 0) is 9.91 Å². The zero-order chi connectivity index (χ0) is 12.5. The number of carbonyl (C=O) groups excluding carboxylic acids is 1. The second-order valence-electron chi connectivity index (χ2n) is 2.69. The molecule has 0 atom stereocenters. The zero-order valence-electron chi connectivity index (χ0n) is 7.55. The lowest BCUT2D eigenvalue weighted by Gasteiger charge is -2.02. The van der Waals surface area contributed by atoms with E-state index < -0.39 is 40.1 Å². The molecule has 0 bridgehead atoms. The Hall–Kier alpha value is -2.32. The summed E-state index contributed by atoms with van der Waals surface area (Å²) in [4.78, 5) is 22.8. The van der Waals surface area contributed by atoms with Crippen LogP contribution in [0, 0.1) is 10.1 Å². The van der Waals surface area contributed by atoms with Gasteiger partial charge in [0, 0.05) is 6.07 Å². The number of aromatic nitrogens is 1. The first-order valence-electron chi connectivity index (χ1n) is 3.80. The van der Waals surface area contributed by atoms with Gasteiger partial charge < -0.3 is 21.0 Å². The van der Waals surface area contributed by atoms with Crippen LogP contribution in [-0.4, -0.2) is 20.9 Å². The molecule has 0 aliphatic rings. The highest BCUT2D eigenvalue weighted by molar-refractivity contribution is 5.96. The predicted molar refractivity (Wildman–Crippen MR) is 46.0 cm³/mol. The van der Waals surface area contributed by atoms with E-state index in [4.69, 9.17) is 5.73 Å². The average molecular weight is 233 g/mol. The molecule has 3 N–H and O–H groups in total. The van der Waals surface area contributed by atoms with Crippen molar-refractivity contribution >= 4 is 11.7 Å². The van der Waals surface area contributed by atoms with Crippen molar-refractivity contribution in [2.75, 3.05) is 0 Å². The van der Waals surface area contributed by atoms with Gasteiger partial charge in [0.05, 0.1) is 5.56 Å². The number of nitrogens with zero attached hydrogens (tertiary/aromatic N) is 2. The van der Waals surface area contributed by atoms with E-state index in [1.807, 2.05) is 0 Å². The van der Waals surface area contributed by atoms with Crippen LogP contribution in [0.3, 0.4) is 0 Å². The predicted octanol–water partition coefficient (Wildman–Crippen LogP) is 0.732. The molecule has 1 aromatic rings. The van der Waals surface area contributed by atoms with Gasteiger partial charge >= 0.3 is 12.2 Å². The first kappa shape index (κ1) is 11.8. The van der Waals surface area contributed by atoms with Crippen LogP contribution in [-0.2, 0) is 0 Å². The third-order valence-electron chi connectivity index (χ3n) is 1.66. The van der Waals surface area contributed by atoms with Crippen molar-refractivity contribution in [1.82, 2.24) is 4.98 Å². The van der Waals surface area contributed by atoms with E-state index in [-0.39, 0.29) is 0 Å². The van der Waals surface area contributed by atoms with Gasteiger partial charge in [0.1, 0.15) is 0 Å². The zero-order valence-corrected chi connectivity index (χ0v) is 7.55. The molecule has 1 amide bonds. The molecule has 9 heteroatoms. The molecular formula is C7H5F2N3O4. The highest BCUT2D eigenvalue weighted by atomic mass is 19.3. The summed E-state index contributed by atoms with van der Waals surface area (Å²) in [7, 11) is 0. The van der Waals surface area contributed by atoms with E-state index in [9.17, 15) is 28.8 Å². The normalized spacial score (nSPS) is 10.4. The molecular weight excluding hydrogens is 228 g/mol. The van der Waals surface area contributed by atoms with Crippen LogP contribution in [0.25, 0.3) is 0 Å². The molecule has 16 heavy (non-hydrogen) atoms. The van der Waals surface area contributed by atoms with Gasteiger partial charge in [0.25, 0.3) is 5.91 Å². The fraction of sp³-hybridized carbons (Fsp3) is 0.143. The lowest BCUT2D eigenvalue weighted by molar-refractivity contribution is -0.390. The summed E-state index contributed by atoms with van der Waals surface area (Å²) in [6.45, 7) is 0. The molecule has 0 radical (unpaired) electrons. The summed E-state index contributed by atoms with van der Waals surface area (Å²) < 4.78 is 24.5. The average Bonchev–Trinajstić information content (AvgIpc) is 2.16. The van der Waals surface area contributed by atoms with Crippen LogP contribution in [0.5, 0.6) is 5.75 Å². The molecule has 0 aliphatic heterocycles.